The molecule has 4 heterocycles. The van der Waals surface area contributed by atoms with Gasteiger partial charge < -0.3 is 0 Å². The summed E-state index contributed by atoms with van der Waals surface area (Å²) >= 11 is 0. The van der Waals surface area contributed by atoms with Gasteiger partial charge in [-0.25, -0.2) is 9.97 Å². The van der Waals surface area contributed by atoms with Gasteiger partial charge in [-0.05, 0) is 72.5 Å². The Balaban J connectivity index is 1.16. The van der Waals surface area contributed by atoms with Gasteiger partial charge in [0.1, 0.15) is 0 Å². The molecule has 0 aliphatic carbocycles. The van der Waals surface area contributed by atoms with Crippen LogP contribution in [0, 0.1) is 13.8 Å². The van der Waals surface area contributed by atoms with Gasteiger partial charge in [0.2, 0.25) is 0 Å². The van der Waals surface area contributed by atoms with Gasteiger partial charge in [-0.1, -0.05) is 72.8 Å². The molecule has 8 aromatic rings. The van der Waals surface area contributed by atoms with Crippen molar-refractivity contribution in [3.8, 4) is 33.6 Å². The lowest BCUT2D eigenvalue weighted by Crippen LogP contribution is -1.93. The maximum Gasteiger partial charge on any atom is 0.0972 e. The minimum absolute atomic E-state index is 0.935. The van der Waals surface area contributed by atoms with E-state index >= 15 is 0 Å². The van der Waals surface area contributed by atoms with Crippen LogP contribution in [0.4, 0.5) is 0 Å². The van der Waals surface area contributed by atoms with Gasteiger partial charge in [-0.15, -0.1) is 0 Å². The molecule has 198 valence electrons. The normalized spacial score (nSPS) is 11.6. The van der Waals surface area contributed by atoms with E-state index in [0.29, 0.717) is 0 Å². The first kappa shape index (κ1) is 24.3. The van der Waals surface area contributed by atoms with E-state index in [1.165, 1.54) is 22.3 Å². The Morgan fingerprint density at radius 2 is 0.810 bits per heavy atom. The highest BCUT2D eigenvalue weighted by Crippen LogP contribution is 2.34. The molecule has 4 heteroatoms. The quantitative estimate of drug-likeness (QED) is 0.210. The number of hydrogen-bond acceptors (Lipinski definition) is 4. The Hall–Kier alpha value is -5.48. The number of rotatable bonds is 3. The first-order valence-corrected chi connectivity index (χ1v) is 14.1. The Bertz CT molecular complexity index is 2170. The average molecular weight is 539 g/mol. The van der Waals surface area contributed by atoms with Crippen LogP contribution in [0.25, 0.3) is 77.3 Å². The molecule has 0 saturated carbocycles. The minimum Gasteiger partial charge on any atom is -0.254 e. The Kier molecular flexibility index (Phi) is 5.54. The van der Waals surface area contributed by atoms with E-state index in [2.05, 4.69) is 121 Å². The van der Waals surface area contributed by atoms with Crippen LogP contribution >= 0.6 is 0 Å². The SMILES string of the molecule is Cc1cc(-c2ccc3ccc4cccnc4c3n2)ccc1-c1ccc(-c2ccc3ccc4cccnc4c3n2)cc1C. The fourth-order valence-electron chi connectivity index (χ4n) is 6.02. The van der Waals surface area contributed by atoms with Gasteiger partial charge in [-0.3, -0.25) is 9.97 Å². The molecule has 0 bridgehead atoms. The van der Waals surface area contributed by atoms with E-state index in [1.54, 1.807) is 0 Å². The molecule has 0 atom stereocenters. The number of pyridine rings is 4. The van der Waals surface area contributed by atoms with Crippen LogP contribution < -0.4 is 0 Å². The Labute approximate surface area is 243 Å². The van der Waals surface area contributed by atoms with Crippen molar-refractivity contribution in [1.82, 2.24) is 19.9 Å². The zero-order valence-electron chi connectivity index (χ0n) is 23.3. The van der Waals surface area contributed by atoms with Crippen molar-refractivity contribution >= 4 is 43.6 Å². The van der Waals surface area contributed by atoms with Gasteiger partial charge in [0.05, 0.1) is 33.5 Å². The molecule has 0 spiro atoms. The van der Waals surface area contributed by atoms with Crippen molar-refractivity contribution in [2.75, 3.05) is 0 Å². The van der Waals surface area contributed by atoms with Gasteiger partial charge in [0.25, 0.3) is 0 Å². The summed E-state index contributed by atoms with van der Waals surface area (Å²) in [5.41, 5.74) is 12.7. The largest absolute Gasteiger partial charge is 0.254 e. The minimum atomic E-state index is 0.935. The summed E-state index contributed by atoms with van der Waals surface area (Å²) in [5, 5.41) is 4.40. The van der Waals surface area contributed by atoms with Crippen molar-refractivity contribution in [2.45, 2.75) is 13.8 Å². The molecule has 0 aliphatic rings. The highest BCUT2D eigenvalue weighted by Gasteiger charge is 2.12. The monoisotopic (exact) mass is 538 g/mol. The van der Waals surface area contributed by atoms with Gasteiger partial charge in [-0.2, -0.15) is 0 Å². The van der Waals surface area contributed by atoms with Crippen LogP contribution in [0.3, 0.4) is 0 Å². The number of nitrogens with zero attached hydrogens (tertiary/aromatic N) is 4. The maximum absolute atomic E-state index is 5.05. The van der Waals surface area contributed by atoms with Crippen LogP contribution in [0.2, 0.25) is 0 Å². The summed E-state index contributed by atoms with van der Waals surface area (Å²) in [6.07, 6.45) is 3.66. The lowest BCUT2D eigenvalue weighted by atomic mass is 9.92. The summed E-state index contributed by atoms with van der Waals surface area (Å²) in [6, 6.07) is 38.2. The lowest BCUT2D eigenvalue weighted by Gasteiger charge is -2.13. The zero-order valence-corrected chi connectivity index (χ0v) is 23.3. The smallest absolute Gasteiger partial charge is 0.0972 e. The van der Waals surface area contributed by atoms with Gasteiger partial charge in [0, 0.05) is 45.1 Å². The molecule has 0 radical (unpaired) electrons. The Morgan fingerprint density at radius 3 is 1.24 bits per heavy atom. The molecule has 42 heavy (non-hydrogen) atoms. The first-order valence-electron chi connectivity index (χ1n) is 14.1. The Morgan fingerprint density at radius 1 is 0.405 bits per heavy atom. The van der Waals surface area contributed by atoms with Crippen LogP contribution in [-0.4, -0.2) is 19.9 Å². The summed E-state index contributed by atoms with van der Waals surface area (Å²) in [6.45, 7) is 4.35. The van der Waals surface area contributed by atoms with E-state index in [4.69, 9.17) is 9.97 Å². The molecule has 0 aliphatic heterocycles. The third-order valence-electron chi connectivity index (χ3n) is 8.20. The second-order valence-electron chi connectivity index (χ2n) is 10.9. The highest BCUT2D eigenvalue weighted by molar-refractivity contribution is 6.04. The van der Waals surface area contributed by atoms with Crippen LogP contribution in [0.1, 0.15) is 11.1 Å². The molecule has 0 amide bonds. The molecule has 0 unspecified atom stereocenters. The van der Waals surface area contributed by atoms with Crippen LogP contribution in [0.5, 0.6) is 0 Å². The van der Waals surface area contributed by atoms with Crippen LogP contribution in [-0.2, 0) is 0 Å². The molecule has 0 fully saturated rings. The molecule has 0 saturated heterocycles. The van der Waals surface area contributed by atoms with Crippen molar-refractivity contribution in [3.63, 3.8) is 0 Å². The third kappa shape index (κ3) is 4.00. The predicted molar refractivity (Wildman–Crippen MR) is 173 cm³/mol. The van der Waals surface area contributed by atoms with E-state index in [9.17, 15) is 0 Å². The zero-order chi connectivity index (χ0) is 28.2. The first-order chi connectivity index (χ1) is 20.6. The molecule has 4 aromatic carbocycles. The maximum atomic E-state index is 5.05. The molecular formula is C38H26N4. The molecule has 4 aromatic heterocycles. The van der Waals surface area contributed by atoms with Crippen molar-refractivity contribution < 1.29 is 0 Å². The van der Waals surface area contributed by atoms with E-state index < -0.39 is 0 Å². The summed E-state index contributed by atoms with van der Waals surface area (Å²) in [4.78, 5) is 19.3. The van der Waals surface area contributed by atoms with Crippen molar-refractivity contribution in [1.29, 1.82) is 0 Å². The third-order valence-corrected chi connectivity index (χ3v) is 8.20. The molecular weight excluding hydrogens is 512 g/mol. The summed E-state index contributed by atoms with van der Waals surface area (Å²) in [7, 11) is 0. The second-order valence-corrected chi connectivity index (χ2v) is 10.9. The topological polar surface area (TPSA) is 51.6 Å². The van der Waals surface area contributed by atoms with E-state index in [0.717, 1.165) is 66.1 Å². The summed E-state index contributed by atoms with van der Waals surface area (Å²) < 4.78 is 0. The average Bonchev–Trinajstić information content (AvgIpc) is 3.04. The van der Waals surface area contributed by atoms with E-state index in [-0.39, 0.29) is 0 Å². The lowest BCUT2D eigenvalue weighted by molar-refractivity contribution is 1.35. The highest BCUT2D eigenvalue weighted by atomic mass is 14.8. The number of aryl methyl sites for hydroxylation is 2. The van der Waals surface area contributed by atoms with Crippen molar-refractivity contribution in [3.05, 3.63) is 133 Å². The van der Waals surface area contributed by atoms with Crippen LogP contribution in [0.15, 0.2) is 122 Å². The number of benzene rings is 4. The standard InChI is InChI=1S/C38H26N4/c1-23-21-29(33-17-13-27-9-7-25-5-3-19-39-35(25)37(27)41-33)11-15-31(23)32-16-12-30(22-24(32)2)34-18-14-28-10-8-26-6-4-20-40-36(26)38(28)42-34/h3-22H,1-2H3. The van der Waals surface area contributed by atoms with E-state index in [1.807, 2.05) is 24.5 Å². The number of aromatic nitrogens is 4. The predicted octanol–water partition coefficient (Wildman–Crippen LogP) is 9.50. The number of hydrogen-bond donors (Lipinski definition) is 0. The van der Waals surface area contributed by atoms with Gasteiger partial charge >= 0.3 is 0 Å². The summed E-state index contributed by atoms with van der Waals surface area (Å²) in [5.74, 6) is 0. The second kappa shape index (κ2) is 9.57. The number of fused-ring (bicyclic) bond motifs is 6. The fourth-order valence-corrected chi connectivity index (χ4v) is 6.02. The van der Waals surface area contributed by atoms with Gasteiger partial charge in [0.15, 0.2) is 0 Å². The van der Waals surface area contributed by atoms with Crippen molar-refractivity contribution in [2.24, 2.45) is 0 Å². The molecule has 0 N–H and O–H groups in total. The molecule has 8 rings (SSSR count). The fraction of sp³-hybridized carbons (Fsp3) is 0.0526. The molecule has 4 nitrogen and oxygen atoms in total.